The van der Waals surface area contributed by atoms with Gasteiger partial charge in [0.1, 0.15) is 18.1 Å². The number of halogens is 4. The van der Waals surface area contributed by atoms with Crippen molar-refractivity contribution in [2.45, 2.75) is 19.3 Å². The minimum Gasteiger partial charge on any atom is -0.492 e. The topological polar surface area (TPSA) is 33.7 Å². The van der Waals surface area contributed by atoms with Gasteiger partial charge in [-0.1, -0.05) is 0 Å². The Labute approximate surface area is 135 Å². The van der Waals surface area contributed by atoms with Gasteiger partial charge in [-0.05, 0) is 35.0 Å². The van der Waals surface area contributed by atoms with Crippen LogP contribution < -0.4 is 14.8 Å². The summed E-state index contributed by atoms with van der Waals surface area (Å²) in [5.74, 6) is 0.0470. The van der Waals surface area contributed by atoms with Gasteiger partial charge in [0.05, 0.1) is 4.47 Å². The van der Waals surface area contributed by atoms with E-state index in [0.29, 0.717) is 18.4 Å². The Morgan fingerprint density at radius 2 is 2.18 bits per heavy atom. The average Bonchev–Trinajstić information content (AvgIpc) is 2.43. The monoisotopic (exact) mass is 382 g/mol. The second-order valence-electron chi connectivity index (χ2n) is 5.08. The first kappa shape index (κ1) is 17.4. The van der Waals surface area contributed by atoms with Crippen LogP contribution in [0, 0.1) is 0 Å². The van der Waals surface area contributed by atoms with Crippen LogP contribution in [0.4, 0.5) is 13.2 Å². The maximum Gasteiger partial charge on any atom is 0.573 e. The molecular weight excluding hydrogens is 365 g/mol. The van der Waals surface area contributed by atoms with Crippen molar-refractivity contribution in [3.8, 4) is 11.5 Å². The number of ether oxygens (including phenoxy) is 2. The molecule has 1 N–H and O–H groups in total. The third kappa shape index (κ3) is 5.33. The van der Waals surface area contributed by atoms with Crippen molar-refractivity contribution in [2.24, 2.45) is 0 Å². The lowest BCUT2D eigenvalue weighted by atomic mass is 10.2. The molecule has 0 amide bonds. The van der Waals surface area contributed by atoms with Crippen LogP contribution in [-0.4, -0.2) is 50.1 Å². The first-order chi connectivity index (χ1) is 10.3. The predicted molar refractivity (Wildman–Crippen MR) is 80.2 cm³/mol. The largest absolute Gasteiger partial charge is 0.573 e. The van der Waals surface area contributed by atoms with E-state index in [1.165, 1.54) is 12.1 Å². The molecule has 1 atom stereocenters. The molecule has 1 aliphatic heterocycles. The van der Waals surface area contributed by atoms with Crippen LogP contribution in [0.3, 0.4) is 0 Å². The van der Waals surface area contributed by atoms with Crippen molar-refractivity contribution in [2.75, 3.05) is 32.8 Å². The highest BCUT2D eigenvalue weighted by Crippen LogP contribution is 2.33. The highest BCUT2D eigenvalue weighted by molar-refractivity contribution is 9.10. The fraction of sp³-hybridized carbons (Fsp3) is 0.571. The maximum absolute atomic E-state index is 12.3. The number of hydrogen-bond acceptors (Lipinski definition) is 4. The highest BCUT2D eigenvalue weighted by atomic mass is 79.9. The number of rotatable bonds is 5. The van der Waals surface area contributed by atoms with E-state index in [-0.39, 0.29) is 10.2 Å². The van der Waals surface area contributed by atoms with E-state index >= 15 is 0 Å². The molecule has 1 heterocycles. The van der Waals surface area contributed by atoms with E-state index in [1.54, 1.807) is 6.07 Å². The van der Waals surface area contributed by atoms with Crippen molar-refractivity contribution < 1.29 is 22.6 Å². The molecule has 0 aliphatic carbocycles. The molecule has 124 valence electrons. The Bertz CT molecular complexity index is 499. The standard InChI is InChI=1S/C14H18BrF3N2O2/c1-10-9-19-4-5-20(10)6-7-21-11-2-3-12(15)13(8-11)22-14(16,17)18/h2-3,8,10,19H,4-7,9H2,1H3. The van der Waals surface area contributed by atoms with E-state index in [4.69, 9.17) is 4.74 Å². The Morgan fingerprint density at radius 3 is 2.86 bits per heavy atom. The van der Waals surface area contributed by atoms with Crippen molar-refractivity contribution in [1.82, 2.24) is 10.2 Å². The zero-order valence-electron chi connectivity index (χ0n) is 12.1. The van der Waals surface area contributed by atoms with Gasteiger partial charge in [-0.15, -0.1) is 13.2 Å². The summed E-state index contributed by atoms with van der Waals surface area (Å²) in [4.78, 5) is 2.28. The zero-order chi connectivity index (χ0) is 16.2. The van der Waals surface area contributed by atoms with Crippen molar-refractivity contribution >= 4 is 15.9 Å². The fourth-order valence-electron chi connectivity index (χ4n) is 2.27. The van der Waals surface area contributed by atoms with Crippen molar-refractivity contribution in [3.05, 3.63) is 22.7 Å². The van der Waals surface area contributed by atoms with Crippen molar-refractivity contribution in [3.63, 3.8) is 0 Å². The number of piperazine rings is 1. The molecule has 1 saturated heterocycles. The van der Waals surface area contributed by atoms with Crippen LogP contribution in [0.15, 0.2) is 22.7 Å². The molecular formula is C14H18BrF3N2O2. The number of nitrogens with zero attached hydrogens (tertiary/aromatic N) is 1. The Morgan fingerprint density at radius 1 is 1.41 bits per heavy atom. The van der Waals surface area contributed by atoms with Gasteiger partial charge in [0.25, 0.3) is 0 Å². The molecule has 1 fully saturated rings. The molecule has 0 spiro atoms. The molecule has 0 radical (unpaired) electrons. The first-order valence-electron chi connectivity index (χ1n) is 6.98. The average molecular weight is 383 g/mol. The van der Waals surface area contributed by atoms with Crippen LogP contribution in [0.2, 0.25) is 0 Å². The molecule has 1 aliphatic rings. The van der Waals surface area contributed by atoms with E-state index in [0.717, 1.165) is 26.2 Å². The SMILES string of the molecule is CC1CNCCN1CCOc1ccc(Br)c(OC(F)(F)F)c1. The summed E-state index contributed by atoms with van der Waals surface area (Å²) < 4.78 is 46.6. The number of benzene rings is 1. The molecule has 22 heavy (non-hydrogen) atoms. The van der Waals surface area contributed by atoms with Crippen LogP contribution in [-0.2, 0) is 0 Å². The molecule has 0 saturated carbocycles. The predicted octanol–water partition coefficient (Wildman–Crippen LogP) is 3.02. The third-order valence-corrected chi connectivity index (χ3v) is 4.07. The maximum atomic E-state index is 12.3. The van der Waals surface area contributed by atoms with E-state index < -0.39 is 6.36 Å². The molecule has 8 heteroatoms. The minimum absolute atomic E-state index is 0.230. The molecule has 1 aromatic rings. The van der Waals surface area contributed by atoms with E-state index in [2.05, 4.69) is 37.8 Å². The molecule has 1 aromatic carbocycles. The van der Waals surface area contributed by atoms with E-state index in [9.17, 15) is 13.2 Å². The zero-order valence-corrected chi connectivity index (χ0v) is 13.7. The van der Waals surface area contributed by atoms with Gasteiger partial charge in [-0.3, -0.25) is 4.90 Å². The number of nitrogens with one attached hydrogen (secondary N) is 1. The summed E-state index contributed by atoms with van der Waals surface area (Å²) in [6.45, 7) is 6.08. The fourth-order valence-corrected chi connectivity index (χ4v) is 2.60. The van der Waals surface area contributed by atoms with Gasteiger partial charge in [-0.25, -0.2) is 0 Å². The Kier molecular flexibility index (Phi) is 5.94. The Balaban J connectivity index is 1.88. The number of alkyl halides is 3. The van der Waals surface area contributed by atoms with Crippen molar-refractivity contribution in [1.29, 1.82) is 0 Å². The Hall–Kier alpha value is -0.990. The summed E-state index contributed by atoms with van der Waals surface area (Å²) in [6.07, 6.45) is -4.72. The smallest absolute Gasteiger partial charge is 0.492 e. The molecule has 0 bridgehead atoms. The molecule has 1 unspecified atom stereocenters. The lowest BCUT2D eigenvalue weighted by Gasteiger charge is -2.33. The van der Waals surface area contributed by atoms with Crippen LogP contribution in [0.1, 0.15) is 6.92 Å². The van der Waals surface area contributed by atoms with E-state index in [1.807, 2.05) is 0 Å². The summed E-state index contributed by atoms with van der Waals surface area (Å²) in [5, 5.41) is 3.30. The molecule has 0 aromatic heterocycles. The van der Waals surface area contributed by atoms with Gasteiger partial charge < -0.3 is 14.8 Å². The highest BCUT2D eigenvalue weighted by Gasteiger charge is 2.32. The van der Waals surface area contributed by atoms with Gasteiger partial charge in [0.15, 0.2) is 0 Å². The van der Waals surface area contributed by atoms with Gasteiger partial charge in [0.2, 0.25) is 0 Å². The summed E-state index contributed by atoms with van der Waals surface area (Å²) in [6, 6.07) is 4.74. The van der Waals surface area contributed by atoms with Crippen LogP contribution in [0.25, 0.3) is 0 Å². The van der Waals surface area contributed by atoms with Gasteiger partial charge >= 0.3 is 6.36 Å². The second kappa shape index (κ2) is 7.52. The molecule has 2 rings (SSSR count). The summed E-state index contributed by atoms with van der Waals surface area (Å²) >= 11 is 3.03. The minimum atomic E-state index is -4.72. The van der Waals surface area contributed by atoms with Crippen LogP contribution >= 0.6 is 15.9 Å². The van der Waals surface area contributed by atoms with Crippen LogP contribution in [0.5, 0.6) is 11.5 Å². The lowest BCUT2D eigenvalue weighted by Crippen LogP contribution is -2.50. The summed E-state index contributed by atoms with van der Waals surface area (Å²) in [5.41, 5.74) is 0. The molecule has 4 nitrogen and oxygen atoms in total. The normalized spacial score (nSPS) is 20.0. The van der Waals surface area contributed by atoms with Gasteiger partial charge in [0, 0.05) is 38.3 Å². The lowest BCUT2D eigenvalue weighted by molar-refractivity contribution is -0.274. The third-order valence-electron chi connectivity index (χ3n) is 3.41. The second-order valence-corrected chi connectivity index (χ2v) is 5.93. The number of hydrogen-bond donors (Lipinski definition) is 1. The quantitative estimate of drug-likeness (QED) is 0.848. The summed E-state index contributed by atoms with van der Waals surface area (Å²) in [7, 11) is 0. The van der Waals surface area contributed by atoms with Gasteiger partial charge in [-0.2, -0.15) is 0 Å². The first-order valence-corrected chi connectivity index (χ1v) is 7.77.